The van der Waals surface area contributed by atoms with E-state index in [2.05, 4.69) is 215 Å². The summed E-state index contributed by atoms with van der Waals surface area (Å²) in [5, 5.41) is 18.0. The molecule has 22 nitrogen and oxygen atoms in total. The molecule has 0 radical (unpaired) electrons. The predicted molar refractivity (Wildman–Crippen MR) is 571 cm³/mol. The summed E-state index contributed by atoms with van der Waals surface area (Å²) >= 11 is 9.41. The summed E-state index contributed by atoms with van der Waals surface area (Å²) < 4.78 is 27.8. The number of hydrogen-bond donors (Lipinski definition) is 9. The molecule has 1 saturated carbocycles. The molecule has 19 rings (SSSR count). The Labute approximate surface area is 814 Å². The van der Waals surface area contributed by atoms with Crippen molar-refractivity contribution in [3.8, 4) is 0 Å². The van der Waals surface area contributed by atoms with Crippen molar-refractivity contribution in [3.05, 3.63) is 389 Å². The Kier molecular flexibility index (Phi) is 37.8. The first-order valence-electron chi connectivity index (χ1n) is 46.0. The van der Waals surface area contributed by atoms with Crippen LogP contribution in [0, 0.1) is 18.6 Å². The van der Waals surface area contributed by atoms with Crippen molar-refractivity contribution >= 4 is 125 Å². The smallest absolute Gasteiger partial charge is 0.272 e. The molecule has 9 aromatic carbocycles. The summed E-state index contributed by atoms with van der Waals surface area (Å²) in [4.78, 5) is 138. The second-order valence-corrected chi connectivity index (χ2v) is 38.0. The molecular weight excluding hydrogens is 1820 g/mol. The van der Waals surface area contributed by atoms with E-state index in [1.165, 1.54) is 76.7 Å². The fraction of sp³-hybridized carbons (Fsp3) is 0.312. The highest BCUT2D eigenvalue weighted by molar-refractivity contribution is 9.10. The average Bonchev–Trinajstić information content (AvgIpc) is 1.57. The van der Waals surface area contributed by atoms with Crippen molar-refractivity contribution in [3.63, 3.8) is 0 Å². The van der Waals surface area contributed by atoms with Crippen LogP contribution >= 0.6 is 27.5 Å². The minimum absolute atomic E-state index is 0. The molecule has 9 N–H and O–H groups in total. The Morgan fingerprint density at radius 2 is 0.710 bits per heavy atom. The number of aryl methyl sites for hydroxylation is 2. The van der Waals surface area contributed by atoms with Crippen LogP contribution in [0.15, 0.2) is 255 Å². The molecule has 0 bridgehead atoms. The second-order valence-electron chi connectivity index (χ2n) is 36.8. The van der Waals surface area contributed by atoms with E-state index in [0.29, 0.717) is 113 Å². The third-order valence-corrected chi connectivity index (χ3v) is 24.9. The highest BCUT2D eigenvalue weighted by Gasteiger charge is 2.26. The fourth-order valence-electron chi connectivity index (χ4n) is 15.3. The van der Waals surface area contributed by atoms with Gasteiger partial charge in [0.15, 0.2) is 0 Å². The van der Waals surface area contributed by atoms with Crippen LogP contribution in [0.4, 0.5) is 8.78 Å². The van der Waals surface area contributed by atoms with E-state index >= 15 is 0 Å². The van der Waals surface area contributed by atoms with Crippen molar-refractivity contribution in [2.45, 2.75) is 232 Å². The molecule has 138 heavy (non-hydrogen) atoms. The van der Waals surface area contributed by atoms with Crippen LogP contribution in [-0.2, 0) is 6.42 Å². The summed E-state index contributed by atoms with van der Waals surface area (Å²) in [6, 6.07) is 50.1. The minimum atomic E-state index is -0.389. The van der Waals surface area contributed by atoms with E-state index in [9.17, 15) is 51.9 Å². The Balaban J connectivity index is 0.000000174. The van der Waals surface area contributed by atoms with E-state index in [4.69, 9.17) is 11.6 Å². The van der Waals surface area contributed by atoms with E-state index in [0.717, 1.165) is 87.9 Å². The number of aromatic amines is 9. The molecule has 0 aliphatic heterocycles. The first-order valence-corrected chi connectivity index (χ1v) is 47.1. The van der Waals surface area contributed by atoms with E-state index in [1.54, 1.807) is 37.5 Å². The molecular formula is C112H127BrClF2N13O9. The molecule has 1 fully saturated rings. The SMILES string of the molecule is C.C.CC(C)c1cc2c(=O)[nH]cnc2cc1F.CC(C)c1ccc2c(Br)c[nH]c(=O)c2c1.CC(C)c1ccc2c(C3CC3)c[nH]c(=O)c2c1.CC(C)c1ccc2c(Cl)c[nH]c(=O)c2c1.CC(C)c1ccc2c(F)c[nH]c(=O)c2c1.CC(C)c1ccc2cn[nH]c(=O)c2c1.CC(C)c1ccc2nc[nH]c(=O)c2c1.CCc1c[nH]c(=O)c2cc(C(C)C)ccc12.Cc1nc2ccc(C(C)C)cc2c(=O)[nH]1. The maximum Gasteiger partial charge on any atom is 0.272 e. The number of fused-ring (bicyclic) bond motifs is 9. The fourth-order valence-corrected chi connectivity index (χ4v) is 16.0. The van der Waals surface area contributed by atoms with Crippen molar-refractivity contribution in [1.29, 1.82) is 0 Å². The molecule has 0 unspecified atom stereocenters. The lowest BCUT2D eigenvalue weighted by atomic mass is 9.97. The van der Waals surface area contributed by atoms with Crippen LogP contribution < -0.4 is 50.0 Å². The summed E-state index contributed by atoms with van der Waals surface area (Å²) in [6.07, 6.45) is 15.9. The van der Waals surface area contributed by atoms with Gasteiger partial charge >= 0.3 is 0 Å². The lowest BCUT2D eigenvalue weighted by molar-refractivity contribution is 0.600. The van der Waals surface area contributed by atoms with Gasteiger partial charge in [0.1, 0.15) is 17.5 Å². The third kappa shape index (κ3) is 26.9. The molecule has 0 saturated heterocycles. The van der Waals surface area contributed by atoms with Gasteiger partial charge in [-0.2, -0.15) is 5.10 Å². The zero-order chi connectivity index (χ0) is 99.0. The topological polar surface area (TPSA) is 347 Å². The third-order valence-electron chi connectivity index (χ3n) is 23.9. The van der Waals surface area contributed by atoms with Crippen molar-refractivity contribution in [2.24, 2.45) is 0 Å². The first-order chi connectivity index (χ1) is 64.6. The van der Waals surface area contributed by atoms with Gasteiger partial charge in [-0.3, -0.25) is 43.2 Å². The predicted octanol–water partition coefficient (Wildman–Crippen LogP) is 26.2. The van der Waals surface area contributed by atoms with Crippen LogP contribution in [0.5, 0.6) is 0 Å². The Hall–Kier alpha value is -13.8. The second kappa shape index (κ2) is 48.3. The largest absolute Gasteiger partial charge is 0.328 e. The lowest BCUT2D eigenvalue weighted by Crippen LogP contribution is -2.10. The lowest BCUT2D eigenvalue weighted by Gasteiger charge is -2.09. The molecule has 18 aromatic rings. The molecule has 0 spiro atoms. The van der Waals surface area contributed by atoms with Crippen molar-refractivity contribution in [1.82, 2.24) is 65.0 Å². The summed E-state index contributed by atoms with van der Waals surface area (Å²) in [7, 11) is 0. The standard InChI is InChI=1S/C15H17NO.C14H17NO.C12H12BrNO.C12H12ClNO.C12H12FNO.C12H14N2O.C11H11FN2O.2C11H12N2O.2CH4/c1-9(2)11-5-6-12-13(7-11)15(17)16-8-14(12)10-3-4-10;1-4-10-8-15-14(16)13-7-11(9(2)3)5-6-12(10)13;3*1-7(2)8-3-4-9-10(5-8)12(15)14-6-11(9)13;1-7(2)9-4-5-11-10(6-9)12(15)14-8(3)13-11;1-6(2)7-3-8-10(4-9(7)12)13-5-14-11(8)15;1-7(2)8-3-4-10-9(5-8)11(14)13-6-12-10;1-7(2)8-3-4-9-6-12-13-11(14)10(9)5-8;;/h5-10H,3-4H2,1-2H3,(H,16,17);5-9H,4H2,1-3H3,(H,15,16);3*3-7H,1-2H3,(H,14,15);4-7H,1-3H3,(H,13,14,15);3-6H,1-2H3,(H,13,14,15);3-7H,1-2H3,(H,12,13,14);3-7H,1-2H3,(H,13,14);2*1H4. The van der Waals surface area contributed by atoms with E-state index in [-0.39, 0.29) is 82.4 Å². The number of pyridine rings is 5. The van der Waals surface area contributed by atoms with Gasteiger partial charge in [0.05, 0.1) is 67.4 Å². The zero-order valence-corrected chi connectivity index (χ0v) is 82.8. The van der Waals surface area contributed by atoms with Crippen LogP contribution in [0.2, 0.25) is 5.02 Å². The summed E-state index contributed by atoms with van der Waals surface area (Å²) in [5.41, 5.74) is 13.5. The Bertz CT molecular complexity index is 7610. The van der Waals surface area contributed by atoms with Gasteiger partial charge in [-0.1, -0.05) is 243 Å². The number of rotatable bonds is 11. The molecule has 722 valence electrons. The monoisotopic (exact) mass is 1950 g/mol. The van der Waals surface area contributed by atoms with Crippen LogP contribution in [0.1, 0.15) is 285 Å². The molecule has 1 aliphatic rings. The molecule has 0 amide bonds. The van der Waals surface area contributed by atoms with Gasteiger partial charge < -0.3 is 39.9 Å². The number of hydrogen-bond acceptors (Lipinski definition) is 13. The van der Waals surface area contributed by atoms with Gasteiger partial charge in [-0.05, 0) is 240 Å². The number of nitrogens with zero attached hydrogens (tertiary/aromatic N) is 4. The van der Waals surface area contributed by atoms with Gasteiger partial charge in [0.2, 0.25) is 0 Å². The van der Waals surface area contributed by atoms with Gasteiger partial charge in [0.25, 0.3) is 50.0 Å². The summed E-state index contributed by atoms with van der Waals surface area (Å²) in [5.74, 6) is 4.06. The average molecular weight is 1950 g/mol. The highest BCUT2D eigenvalue weighted by atomic mass is 79.9. The number of aromatic nitrogens is 13. The molecule has 1 aliphatic carbocycles. The number of benzene rings is 9. The maximum absolute atomic E-state index is 13.5. The number of H-pyrrole nitrogens is 9. The van der Waals surface area contributed by atoms with Crippen LogP contribution in [0.3, 0.4) is 0 Å². The van der Waals surface area contributed by atoms with Gasteiger partial charge in [-0.15, -0.1) is 0 Å². The quantitative estimate of drug-likeness (QED) is 0.0582. The minimum Gasteiger partial charge on any atom is -0.328 e. The molecule has 9 aromatic heterocycles. The molecule has 9 heterocycles. The van der Waals surface area contributed by atoms with Crippen molar-refractivity contribution < 1.29 is 8.78 Å². The Morgan fingerprint density at radius 3 is 1.20 bits per heavy atom. The van der Waals surface area contributed by atoms with Crippen LogP contribution in [0.25, 0.3) is 97.3 Å². The van der Waals surface area contributed by atoms with E-state index in [1.807, 2.05) is 143 Å². The molecule has 0 atom stereocenters. The maximum atomic E-state index is 13.5. The van der Waals surface area contributed by atoms with Gasteiger partial charge in [-0.25, -0.2) is 28.8 Å². The number of halogens is 4. The first kappa shape index (κ1) is 108. The summed E-state index contributed by atoms with van der Waals surface area (Å²) in [6.45, 7) is 41.4. The number of nitrogens with one attached hydrogen (secondary N) is 9. The van der Waals surface area contributed by atoms with E-state index < -0.39 is 0 Å². The van der Waals surface area contributed by atoms with Crippen molar-refractivity contribution in [2.75, 3.05) is 0 Å². The normalized spacial score (nSPS) is 11.6. The highest BCUT2D eigenvalue weighted by Crippen LogP contribution is 2.43. The zero-order valence-electron chi connectivity index (χ0n) is 80.5. The van der Waals surface area contributed by atoms with Crippen LogP contribution in [-0.4, -0.2) is 65.0 Å². The molecule has 26 heteroatoms. The Morgan fingerprint density at radius 1 is 0.348 bits per heavy atom. The van der Waals surface area contributed by atoms with Gasteiger partial charge in [0, 0.05) is 84.6 Å².